The molecule has 170 valence electrons. The molecule has 10 heteroatoms. The van der Waals surface area contributed by atoms with Crippen LogP contribution in [0.5, 0.6) is 0 Å². The quantitative estimate of drug-likeness (QED) is 0.392. The lowest BCUT2D eigenvalue weighted by Gasteiger charge is -2.24. The van der Waals surface area contributed by atoms with Crippen LogP contribution in [-0.4, -0.2) is 32.4 Å². The molecule has 0 bridgehead atoms. The minimum atomic E-state index is -0.850. The number of nitrogens with one attached hydrogen (secondary N) is 3. The first-order valence-electron chi connectivity index (χ1n) is 10.0. The summed E-state index contributed by atoms with van der Waals surface area (Å²) in [5.74, 6) is -2.85. The maximum atomic E-state index is 13.6. The van der Waals surface area contributed by atoms with Gasteiger partial charge in [-0.1, -0.05) is 0 Å². The van der Waals surface area contributed by atoms with Gasteiger partial charge in [0, 0.05) is 30.2 Å². The number of hydrogen-bond acceptors (Lipinski definition) is 5. The highest BCUT2D eigenvalue weighted by Crippen LogP contribution is 2.25. The molecule has 3 aromatic rings. The van der Waals surface area contributed by atoms with Gasteiger partial charge in [-0.15, -0.1) is 0 Å². The van der Waals surface area contributed by atoms with Crippen LogP contribution in [-0.2, 0) is 17.4 Å². The van der Waals surface area contributed by atoms with E-state index in [1.807, 2.05) is 0 Å². The Balaban J connectivity index is 1.88. The molecule has 0 saturated carbocycles. The van der Waals surface area contributed by atoms with Crippen LogP contribution in [0, 0.1) is 31.0 Å². The van der Waals surface area contributed by atoms with E-state index in [0.29, 0.717) is 16.8 Å². The molecule has 0 spiro atoms. The molecule has 0 aliphatic heterocycles. The standard InChI is InChI=1S/C23H23FN6O3/c1-12-18(20(31)22(33)29-23(3,4)15-10-26-27-11-15)13(2)30(5)19(12)21(32)28-16-6-7-17(24)14(8-16)9-25/h6-8,10-11H,1-5H3,(H,26,27)(H,28,32)(H,29,33). The Bertz CT molecular complexity index is 1300. The topological polar surface area (TPSA) is 133 Å². The van der Waals surface area contributed by atoms with Gasteiger partial charge < -0.3 is 15.2 Å². The number of rotatable bonds is 6. The van der Waals surface area contributed by atoms with E-state index in [-0.39, 0.29) is 22.5 Å². The summed E-state index contributed by atoms with van der Waals surface area (Å²) in [6.07, 6.45) is 3.18. The Morgan fingerprint density at radius 2 is 1.94 bits per heavy atom. The SMILES string of the molecule is Cc1c(C(=O)C(=O)NC(C)(C)c2cn[nH]c2)c(C)n(C)c1C(=O)Nc1ccc(F)c(C#N)c1. The van der Waals surface area contributed by atoms with Crippen molar-refractivity contribution in [2.75, 3.05) is 5.32 Å². The maximum Gasteiger partial charge on any atom is 0.293 e. The second-order valence-electron chi connectivity index (χ2n) is 8.15. The molecule has 3 rings (SSSR count). The predicted molar refractivity (Wildman–Crippen MR) is 118 cm³/mol. The van der Waals surface area contributed by atoms with E-state index >= 15 is 0 Å². The number of anilines is 1. The molecule has 33 heavy (non-hydrogen) atoms. The van der Waals surface area contributed by atoms with Gasteiger partial charge in [0.25, 0.3) is 17.6 Å². The number of hydrogen-bond donors (Lipinski definition) is 3. The van der Waals surface area contributed by atoms with Gasteiger partial charge >= 0.3 is 0 Å². The van der Waals surface area contributed by atoms with Crippen molar-refractivity contribution in [1.29, 1.82) is 5.26 Å². The zero-order valence-corrected chi connectivity index (χ0v) is 18.8. The average molecular weight is 450 g/mol. The van der Waals surface area contributed by atoms with Crippen molar-refractivity contribution >= 4 is 23.3 Å². The van der Waals surface area contributed by atoms with Gasteiger partial charge in [0.05, 0.1) is 22.9 Å². The summed E-state index contributed by atoms with van der Waals surface area (Å²) in [5, 5.41) is 20.8. The molecule has 0 fully saturated rings. The Morgan fingerprint density at radius 3 is 2.55 bits per heavy atom. The fourth-order valence-corrected chi connectivity index (χ4v) is 3.63. The lowest BCUT2D eigenvalue weighted by molar-refractivity contribution is -0.118. The first-order valence-corrected chi connectivity index (χ1v) is 10.0. The molecule has 0 aliphatic rings. The van der Waals surface area contributed by atoms with Crippen LogP contribution in [0.15, 0.2) is 30.6 Å². The van der Waals surface area contributed by atoms with Gasteiger partial charge in [0.2, 0.25) is 0 Å². The minimum Gasteiger partial charge on any atom is -0.343 e. The summed E-state index contributed by atoms with van der Waals surface area (Å²) in [4.78, 5) is 38.8. The number of amides is 2. The summed E-state index contributed by atoms with van der Waals surface area (Å²) in [6.45, 7) is 6.70. The number of ketones is 1. The van der Waals surface area contributed by atoms with E-state index in [2.05, 4.69) is 20.8 Å². The van der Waals surface area contributed by atoms with Crippen molar-refractivity contribution in [3.05, 3.63) is 70.1 Å². The number of halogens is 1. The largest absolute Gasteiger partial charge is 0.343 e. The maximum absolute atomic E-state index is 13.6. The second kappa shape index (κ2) is 8.70. The summed E-state index contributed by atoms with van der Waals surface area (Å²) in [7, 11) is 1.60. The number of Topliss-reactive ketones (excluding diaryl/α,β-unsaturated/α-hetero) is 1. The van der Waals surface area contributed by atoms with Crippen LogP contribution >= 0.6 is 0 Å². The molecule has 2 aromatic heterocycles. The van der Waals surface area contributed by atoms with Crippen LogP contribution in [0.1, 0.15) is 57.1 Å². The third kappa shape index (κ3) is 4.39. The number of H-pyrrole nitrogens is 1. The average Bonchev–Trinajstić information content (AvgIpc) is 3.37. The molecule has 0 aliphatic carbocycles. The summed E-state index contributed by atoms with van der Waals surface area (Å²) < 4.78 is 15.1. The van der Waals surface area contributed by atoms with Crippen molar-refractivity contribution in [3.8, 4) is 6.07 Å². The van der Waals surface area contributed by atoms with Crippen LogP contribution < -0.4 is 10.6 Å². The molecule has 3 N–H and O–H groups in total. The van der Waals surface area contributed by atoms with Crippen LogP contribution in [0.2, 0.25) is 0 Å². The number of nitriles is 1. The molecule has 0 unspecified atom stereocenters. The number of carbonyl (C=O) groups is 3. The molecule has 9 nitrogen and oxygen atoms in total. The number of benzene rings is 1. The number of aromatic amines is 1. The van der Waals surface area contributed by atoms with Crippen molar-refractivity contribution < 1.29 is 18.8 Å². The predicted octanol–water partition coefficient (Wildman–Crippen LogP) is 2.86. The molecule has 0 atom stereocenters. The van der Waals surface area contributed by atoms with Crippen LogP contribution in [0.4, 0.5) is 10.1 Å². The van der Waals surface area contributed by atoms with Gasteiger partial charge in [-0.3, -0.25) is 19.5 Å². The monoisotopic (exact) mass is 450 g/mol. The van der Waals surface area contributed by atoms with Gasteiger partial charge in [0.1, 0.15) is 17.6 Å². The van der Waals surface area contributed by atoms with E-state index in [9.17, 15) is 18.8 Å². The summed E-state index contributed by atoms with van der Waals surface area (Å²) >= 11 is 0. The third-order valence-corrected chi connectivity index (χ3v) is 5.57. The zero-order valence-electron chi connectivity index (χ0n) is 18.8. The van der Waals surface area contributed by atoms with E-state index in [4.69, 9.17) is 5.26 Å². The van der Waals surface area contributed by atoms with Gasteiger partial charge in [-0.2, -0.15) is 10.4 Å². The van der Waals surface area contributed by atoms with E-state index in [0.717, 1.165) is 6.07 Å². The molecule has 2 heterocycles. The van der Waals surface area contributed by atoms with E-state index in [1.165, 1.54) is 16.7 Å². The fourth-order valence-electron chi connectivity index (χ4n) is 3.63. The molecular weight excluding hydrogens is 427 g/mol. The smallest absolute Gasteiger partial charge is 0.293 e. The second-order valence-corrected chi connectivity index (χ2v) is 8.15. The van der Waals surface area contributed by atoms with E-state index < -0.39 is 29.0 Å². The van der Waals surface area contributed by atoms with E-state index in [1.54, 1.807) is 53.2 Å². The van der Waals surface area contributed by atoms with Crippen LogP contribution in [0.3, 0.4) is 0 Å². The lowest BCUT2D eigenvalue weighted by Crippen LogP contribution is -2.44. The Kier molecular flexibility index (Phi) is 6.17. The number of aromatic nitrogens is 3. The molecule has 0 saturated heterocycles. The lowest BCUT2D eigenvalue weighted by atomic mass is 9.96. The first kappa shape index (κ1) is 23.4. The molecule has 1 aromatic carbocycles. The van der Waals surface area contributed by atoms with Crippen LogP contribution in [0.25, 0.3) is 0 Å². The highest BCUT2D eigenvalue weighted by molar-refractivity contribution is 6.43. The Labute approximate surface area is 189 Å². The minimum absolute atomic E-state index is 0.125. The number of carbonyl (C=O) groups excluding carboxylic acids is 3. The number of nitrogens with zero attached hydrogens (tertiary/aromatic N) is 3. The highest BCUT2D eigenvalue weighted by atomic mass is 19.1. The Morgan fingerprint density at radius 1 is 1.24 bits per heavy atom. The highest BCUT2D eigenvalue weighted by Gasteiger charge is 2.32. The van der Waals surface area contributed by atoms with Crippen molar-refractivity contribution in [2.24, 2.45) is 7.05 Å². The fraction of sp³-hybridized carbons (Fsp3) is 0.261. The Hall–Kier alpha value is -4.26. The summed E-state index contributed by atoms with van der Waals surface area (Å²) in [5.41, 5.74) is 0.926. The van der Waals surface area contributed by atoms with Crippen molar-refractivity contribution in [2.45, 2.75) is 33.2 Å². The molecule has 0 radical (unpaired) electrons. The van der Waals surface area contributed by atoms with Gasteiger partial charge in [-0.05, 0) is 51.5 Å². The summed E-state index contributed by atoms with van der Waals surface area (Å²) in [6, 6.07) is 5.34. The first-order chi connectivity index (χ1) is 15.5. The zero-order chi connectivity index (χ0) is 24.5. The molecular formula is C23H23FN6O3. The van der Waals surface area contributed by atoms with Crippen molar-refractivity contribution in [1.82, 2.24) is 20.1 Å². The van der Waals surface area contributed by atoms with Gasteiger partial charge in [0.15, 0.2) is 0 Å². The van der Waals surface area contributed by atoms with Gasteiger partial charge in [-0.25, -0.2) is 4.39 Å². The van der Waals surface area contributed by atoms with Crippen molar-refractivity contribution in [3.63, 3.8) is 0 Å². The molecule has 2 amide bonds. The third-order valence-electron chi connectivity index (χ3n) is 5.57. The normalized spacial score (nSPS) is 11.1.